The molecule has 1 atom stereocenters. The molecule has 0 aromatic carbocycles. The van der Waals surface area contributed by atoms with Crippen molar-refractivity contribution in [1.29, 1.82) is 1.43 Å². The van der Waals surface area contributed by atoms with Gasteiger partial charge in [0.25, 0.3) is 0 Å². The molecule has 1 nitrogen and oxygen atoms in total. The molecular formula is C3H2F6O. The molecule has 7 heteroatoms. The van der Waals surface area contributed by atoms with Gasteiger partial charge in [-0.15, -0.1) is 0 Å². The summed E-state index contributed by atoms with van der Waals surface area (Å²) in [6.45, 7) is 0. The molecule has 0 amide bonds. The first-order valence-electron chi connectivity index (χ1n) is 2.34. The lowest BCUT2D eigenvalue weighted by atomic mass is 10.3. The van der Waals surface area contributed by atoms with E-state index in [-0.39, 0.29) is 0 Å². The normalized spacial score (nSPS) is 20.5. The molecular weight excluding hydrogens is 166 g/mol. The van der Waals surface area contributed by atoms with Crippen LogP contribution < -0.4 is 0 Å². The van der Waals surface area contributed by atoms with E-state index in [1.165, 1.54) is 0 Å². The van der Waals surface area contributed by atoms with Crippen LogP contribution in [0.3, 0.4) is 0 Å². The fourth-order valence-corrected chi connectivity index (χ4v) is 0.124. The molecule has 0 aliphatic rings. The predicted octanol–water partition coefficient (Wildman–Crippen LogP) is 1.47. The number of rotatable bonds is 2. The van der Waals surface area contributed by atoms with Gasteiger partial charge in [0.1, 0.15) is 0 Å². The third kappa shape index (κ3) is 1.53. The largest absolute Gasteiger partial charge is 0.454 e. The van der Waals surface area contributed by atoms with E-state index >= 15 is 0 Å². The Hall–Kier alpha value is -0.460. The van der Waals surface area contributed by atoms with E-state index in [9.17, 15) is 26.3 Å². The summed E-state index contributed by atoms with van der Waals surface area (Å²) >= 11 is 0. The summed E-state index contributed by atoms with van der Waals surface area (Å²) in [7, 11) is 0. The molecule has 0 radical (unpaired) electrons. The number of hydrogen-bond donors (Lipinski definition) is 1. The van der Waals surface area contributed by atoms with Gasteiger partial charge in [-0.3, -0.25) is 0 Å². The maximum atomic E-state index is 11.9. The fourth-order valence-electron chi connectivity index (χ4n) is 0.124. The maximum Gasteiger partial charge on any atom is 0.454 e. The standard InChI is InChI=1S/C3H2F6O/c4-1(5)2(6,10)3(7,8)9/h1,10H/i10D. The van der Waals surface area contributed by atoms with Crippen LogP contribution in [0.2, 0.25) is 0 Å². The van der Waals surface area contributed by atoms with Crippen LogP contribution >= 0.6 is 0 Å². The van der Waals surface area contributed by atoms with Gasteiger partial charge < -0.3 is 5.11 Å². The van der Waals surface area contributed by atoms with Crippen LogP contribution in [-0.2, 0) is 0 Å². The van der Waals surface area contributed by atoms with Crippen molar-refractivity contribution in [3.05, 3.63) is 0 Å². The predicted molar refractivity (Wildman–Crippen MR) is 18.1 cm³/mol. The van der Waals surface area contributed by atoms with E-state index in [2.05, 4.69) is 5.11 Å². The highest BCUT2D eigenvalue weighted by Crippen LogP contribution is 2.36. The van der Waals surface area contributed by atoms with Crippen molar-refractivity contribution in [1.82, 2.24) is 0 Å². The number of aliphatic hydroxyl groups is 1. The van der Waals surface area contributed by atoms with Crippen molar-refractivity contribution in [2.75, 3.05) is 0 Å². The van der Waals surface area contributed by atoms with Gasteiger partial charge in [-0.2, -0.15) is 17.6 Å². The van der Waals surface area contributed by atoms with Crippen molar-refractivity contribution in [3.63, 3.8) is 0 Å². The zero-order chi connectivity index (χ0) is 9.28. The van der Waals surface area contributed by atoms with E-state index in [0.29, 0.717) is 0 Å². The molecule has 1 unspecified atom stereocenters. The van der Waals surface area contributed by atoms with Crippen molar-refractivity contribution >= 4 is 0 Å². The third-order valence-electron chi connectivity index (χ3n) is 0.667. The molecule has 0 saturated carbocycles. The Morgan fingerprint density at radius 1 is 1.20 bits per heavy atom. The minimum absolute atomic E-state index is 2.27. The molecule has 0 bridgehead atoms. The first-order valence-corrected chi connectivity index (χ1v) is 1.94. The summed E-state index contributed by atoms with van der Waals surface area (Å²) in [5.41, 5.74) is 0. The van der Waals surface area contributed by atoms with Gasteiger partial charge in [-0.05, 0) is 0 Å². The molecule has 0 heterocycles. The molecule has 0 aromatic rings. The van der Waals surface area contributed by atoms with Gasteiger partial charge in [-0.25, -0.2) is 8.78 Å². The van der Waals surface area contributed by atoms with Gasteiger partial charge in [0.05, 0.1) is 0 Å². The Bertz CT molecular complexity index is 134. The minimum atomic E-state index is -5.90. The average molecular weight is 169 g/mol. The number of halogens is 6. The van der Waals surface area contributed by atoms with E-state index in [0.717, 1.165) is 0 Å². The number of hydrogen-bond acceptors (Lipinski definition) is 1. The summed E-state index contributed by atoms with van der Waals surface area (Å²) in [4.78, 5) is 0. The van der Waals surface area contributed by atoms with Crippen LogP contribution in [0.25, 0.3) is 0 Å². The highest BCUT2D eigenvalue weighted by Gasteiger charge is 2.62. The Balaban J connectivity index is 4.61. The molecule has 0 spiro atoms. The van der Waals surface area contributed by atoms with Crippen LogP contribution in [0.5, 0.6) is 0 Å². The summed E-state index contributed by atoms with van der Waals surface area (Å²) < 4.78 is 73.6. The maximum absolute atomic E-state index is 11.9. The van der Waals surface area contributed by atoms with Crippen molar-refractivity contribution in [2.24, 2.45) is 0 Å². The second-order valence-corrected chi connectivity index (χ2v) is 1.44. The Morgan fingerprint density at radius 2 is 1.60 bits per heavy atom. The first-order chi connectivity index (χ1) is 4.75. The Labute approximate surface area is 52.7 Å². The zero-order valence-electron chi connectivity index (χ0n) is 5.25. The fraction of sp³-hybridized carbons (Fsp3) is 1.00. The van der Waals surface area contributed by atoms with Gasteiger partial charge in [0.15, 0.2) is 0 Å². The van der Waals surface area contributed by atoms with Crippen LogP contribution in [0, 0.1) is 0 Å². The van der Waals surface area contributed by atoms with Crippen molar-refractivity contribution in [2.45, 2.75) is 18.5 Å². The van der Waals surface area contributed by atoms with Crippen LogP contribution in [0.4, 0.5) is 26.3 Å². The van der Waals surface area contributed by atoms with E-state index in [1.807, 2.05) is 0 Å². The summed E-state index contributed by atoms with van der Waals surface area (Å²) in [6.07, 6.45) is -10.3. The molecule has 0 fully saturated rings. The summed E-state index contributed by atoms with van der Waals surface area (Å²) in [5.74, 6) is -5.19. The van der Waals surface area contributed by atoms with Crippen LogP contribution in [0.15, 0.2) is 0 Å². The van der Waals surface area contributed by atoms with Gasteiger partial charge in [0.2, 0.25) is 1.43 Å². The Kier molecular flexibility index (Phi) is 1.76. The molecule has 0 aliphatic carbocycles. The smallest absolute Gasteiger partial charge is 0.350 e. The zero-order valence-corrected chi connectivity index (χ0v) is 4.25. The first kappa shape index (κ1) is 7.64. The molecule has 0 aromatic heterocycles. The molecule has 62 valence electrons. The highest BCUT2D eigenvalue weighted by molar-refractivity contribution is 4.76. The molecule has 10 heavy (non-hydrogen) atoms. The van der Waals surface area contributed by atoms with Crippen LogP contribution in [0.1, 0.15) is 0 Å². The molecule has 1 N–H and O–H groups in total. The Morgan fingerprint density at radius 3 is 1.60 bits per heavy atom. The van der Waals surface area contributed by atoms with Crippen LogP contribution in [-0.4, -0.2) is 25.0 Å². The van der Waals surface area contributed by atoms with Gasteiger partial charge >= 0.3 is 18.5 Å². The van der Waals surface area contributed by atoms with Gasteiger partial charge in [0, 0.05) is 0 Å². The lowest BCUT2D eigenvalue weighted by molar-refractivity contribution is -0.352. The lowest BCUT2D eigenvalue weighted by Crippen LogP contribution is -2.47. The van der Waals surface area contributed by atoms with Crippen molar-refractivity contribution in [3.8, 4) is 0 Å². The monoisotopic (exact) mass is 169 g/mol. The van der Waals surface area contributed by atoms with E-state index < -0.39 is 18.5 Å². The quantitative estimate of drug-likeness (QED) is 0.620. The summed E-state index contributed by atoms with van der Waals surface area (Å²) in [5, 5.41) is 2.27. The topological polar surface area (TPSA) is 20.2 Å². The second-order valence-electron chi connectivity index (χ2n) is 1.44. The summed E-state index contributed by atoms with van der Waals surface area (Å²) in [6, 6.07) is 0. The van der Waals surface area contributed by atoms with Gasteiger partial charge in [-0.1, -0.05) is 0 Å². The van der Waals surface area contributed by atoms with E-state index in [1.54, 1.807) is 0 Å². The van der Waals surface area contributed by atoms with Crippen molar-refractivity contribution < 1.29 is 31.5 Å². The molecule has 0 rings (SSSR count). The van der Waals surface area contributed by atoms with E-state index in [4.69, 9.17) is 1.43 Å². The second kappa shape index (κ2) is 2.30. The lowest BCUT2D eigenvalue weighted by Gasteiger charge is -2.20. The highest BCUT2D eigenvalue weighted by atomic mass is 19.4. The minimum Gasteiger partial charge on any atom is -0.350 e. The molecule has 0 saturated heterocycles. The SMILES string of the molecule is [2H]OC(F)(C(F)F)C(F)(F)F. The molecule has 0 aliphatic heterocycles. The average Bonchev–Trinajstić information content (AvgIpc) is 1.83. The number of alkyl halides is 6. The third-order valence-corrected chi connectivity index (χ3v) is 0.667.